The van der Waals surface area contributed by atoms with Gasteiger partial charge in [-0.25, -0.2) is 0 Å². The van der Waals surface area contributed by atoms with Gasteiger partial charge in [-0.2, -0.15) is 5.26 Å². The normalized spacial score (nSPS) is 20.2. The molecular formula is C24H35NO. The Balaban J connectivity index is 1.52. The Morgan fingerprint density at radius 1 is 1.04 bits per heavy atom. The number of nitrogens with zero attached hydrogens (tertiary/aromatic N) is 1. The molecule has 0 heterocycles. The molecule has 0 aliphatic heterocycles. The van der Waals surface area contributed by atoms with Gasteiger partial charge < -0.3 is 4.74 Å². The van der Waals surface area contributed by atoms with Crippen LogP contribution >= 0.6 is 0 Å². The number of unbranched alkanes of at least 4 members (excludes halogenated alkanes) is 4. The fourth-order valence-corrected chi connectivity index (χ4v) is 3.96. The first-order valence-corrected chi connectivity index (χ1v) is 10.6. The van der Waals surface area contributed by atoms with E-state index in [9.17, 15) is 0 Å². The van der Waals surface area contributed by atoms with Gasteiger partial charge in [0.15, 0.2) is 0 Å². The number of allylic oxidation sites excluding steroid dienone is 1. The maximum absolute atomic E-state index is 8.90. The Bertz CT molecular complexity index is 547. The molecule has 0 aromatic heterocycles. The van der Waals surface area contributed by atoms with Gasteiger partial charge in [-0.05, 0) is 87.0 Å². The molecule has 0 spiro atoms. The monoisotopic (exact) mass is 353 g/mol. The maximum atomic E-state index is 8.90. The molecule has 0 saturated heterocycles. The van der Waals surface area contributed by atoms with Gasteiger partial charge in [0.1, 0.15) is 0 Å². The molecule has 1 saturated carbocycles. The van der Waals surface area contributed by atoms with Crippen LogP contribution in [0, 0.1) is 17.2 Å². The molecule has 0 bridgehead atoms. The zero-order valence-electron chi connectivity index (χ0n) is 16.5. The molecular weight excluding hydrogens is 318 g/mol. The molecule has 0 unspecified atom stereocenters. The summed E-state index contributed by atoms with van der Waals surface area (Å²) in [5.74, 6) is 1.55. The van der Waals surface area contributed by atoms with Crippen molar-refractivity contribution in [3.05, 3.63) is 47.7 Å². The SMILES string of the molecule is CCCCCCC=COCCCC1CCC(c2ccc(C#N)cc2)CC1. The summed E-state index contributed by atoms with van der Waals surface area (Å²) in [4.78, 5) is 0. The van der Waals surface area contributed by atoms with Gasteiger partial charge >= 0.3 is 0 Å². The highest BCUT2D eigenvalue weighted by molar-refractivity contribution is 5.33. The third-order valence-electron chi connectivity index (χ3n) is 5.65. The number of hydrogen-bond donors (Lipinski definition) is 0. The zero-order chi connectivity index (χ0) is 18.5. The van der Waals surface area contributed by atoms with E-state index in [1.807, 2.05) is 18.4 Å². The summed E-state index contributed by atoms with van der Waals surface area (Å²) in [7, 11) is 0. The van der Waals surface area contributed by atoms with Crippen molar-refractivity contribution in [1.82, 2.24) is 0 Å². The summed E-state index contributed by atoms with van der Waals surface area (Å²) in [5, 5.41) is 8.90. The zero-order valence-corrected chi connectivity index (χ0v) is 16.5. The minimum Gasteiger partial charge on any atom is -0.502 e. The van der Waals surface area contributed by atoms with Crippen LogP contribution in [0.4, 0.5) is 0 Å². The van der Waals surface area contributed by atoms with Gasteiger partial charge in [0.25, 0.3) is 0 Å². The standard InChI is InChI=1S/C24H35NO/c1-2-3-4-5-6-7-18-26-19-8-9-21-10-14-23(15-11-21)24-16-12-22(20-25)13-17-24/h7,12-13,16-18,21,23H,2-6,8-11,14-15,19H2,1H3. The Morgan fingerprint density at radius 3 is 2.50 bits per heavy atom. The third kappa shape index (κ3) is 7.65. The van der Waals surface area contributed by atoms with Crippen molar-refractivity contribution < 1.29 is 4.74 Å². The van der Waals surface area contributed by atoms with Crippen LogP contribution in [-0.4, -0.2) is 6.61 Å². The van der Waals surface area contributed by atoms with Gasteiger partial charge in [-0.15, -0.1) is 0 Å². The van der Waals surface area contributed by atoms with Gasteiger partial charge in [-0.3, -0.25) is 0 Å². The second kappa shape index (κ2) is 12.6. The van der Waals surface area contributed by atoms with E-state index in [4.69, 9.17) is 10.00 Å². The summed E-state index contributed by atoms with van der Waals surface area (Å²) in [6.45, 7) is 3.11. The predicted molar refractivity (Wildman–Crippen MR) is 109 cm³/mol. The summed E-state index contributed by atoms with van der Waals surface area (Å²) >= 11 is 0. The van der Waals surface area contributed by atoms with Crippen LogP contribution in [0.1, 0.15) is 94.6 Å². The van der Waals surface area contributed by atoms with Gasteiger partial charge in [0, 0.05) is 0 Å². The molecule has 2 nitrogen and oxygen atoms in total. The van der Waals surface area contributed by atoms with E-state index in [0.717, 1.165) is 24.5 Å². The number of hydrogen-bond acceptors (Lipinski definition) is 2. The maximum Gasteiger partial charge on any atom is 0.0991 e. The molecule has 1 fully saturated rings. The van der Waals surface area contributed by atoms with E-state index in [0.29, 0.717) is 5.92 Å². The quantitative estimate of drug-likeness (QED) is 0.313. The fraction of sp³-hybridized carbons (Fsp3) is 0.625. The fourth-order valence-electron chi connectivity index (χ4n) is 3.96. The lowest BCUT2D eigenvalue weighted by atomic mass is 9.77. The van der Waals surface area contributed by atoms with Crippen molar-refractivity contribution in [2.45, 2.75) is 83.5 Å². The second-order valence-electron chi connectivity index (χ2n) is 7.69. The summed E-state index contributed by atoms with van der Waals surface area (Å²) < 4.78 is 5.64. The van der Waals surface area contributed by atoms with Gasteiger partial charge in [0.05, 0.1) is 24.5 Å². The molecule has 2 heteroatoms. The van der Waals surface area contributed by atoms with E-state index in [1.165, 1.54) is 69.8 Å². The van der Waals surface area contributed by atoms with Crippen LogP contribution in [0.3, 0.4) is 0 Å². The Kier molecular flexibility index (Phi) is 9.95. The second-order valence-corrected chi connectivity index (χ2v) is 7.69. The average Bonchev–Trinajstić information content (AvgIpc) is 2.70. The van der Waals surface area contributed by atoms with Crippen LogP contribution < -0.4 is 0 Å². The molecule has 142 valence electrons. The van der Waals surface area contributed by atoms with Crippen molar-refractivity contribution in [2.24, 2.45) is 5.92 Å². The lowest BCUT2D eigenvalue weighted by Crippen LogP contribution is -2.13. The van der Waals surface area contributed by atoms with Crippen molar-refractivity contribution in [3.63, 3.8) is 0 Å². The van der Waals surface area contributed by atoms with Crippen molar-refractivity contribution in [1.29, 1.82) is 5.26 Å². The van der Waals surface area contributed by atoms with E-state index in [1.54, 1.807) is 0 Å². The van der Waals surface area contributed by atoms with Crippen LogP contribution in [0.25, 0.3) is 0 Å². The average molecular weight is 354 g/mol. The first kappa shape index (κ1) is 20.6. The van der Waals surface area contributed by atoms with E-state index in [2.05, 4.69) is 31.2 Å². The van der Waals surface area contributed by atoms with Gasteiger partial charge in [-0.1, -0.05) is 38.3 Å². The Morgan fingerprint density at radius 2 is 1.81 bits per heavy atom. The van der Waals surface area contributed by atoms with Crippen molar-refractivity contribution >= 4 is 0 Å². The molecule has 0 amide bonds. The topological polar surface area (TPSA) is 33.0 Å². The molecule has 1 aliphatic rings. The first-order valence-electron chi connectivity index (χ1n) is 10.6. The highest BCUT2D eigenvalue weighted by atomic mass is 16.5. The molecule has 26 heavy (non-hydrogen) atoms. The molecule has 1 aromatic rings. The van der Waals surface area contributed by atoms with Crippen LogP contribution in [0.2, 0.25) is 0 Å². The summed E-state index contributed by atoms with van der Waals surface area (Å²) in [6.07, 6.45) is 18.2. The van der Waals surface area contributed by atoms with Crippen LogP contribution in [0.5, 0.6) is 0 Å². The predicted octanol–water partition coefficient (Wildman–Crippen LogP) is 7.11. The molecule has 1 aromatic carbocycles. The minimum atomic E-state index is 0.686. The summed E-state index contributed by atoms with van der Waals surface area (Å²) in [6, 6.07) is 10.4. The van der Waals surface area contributed by atoms with Gasteiger partial charge in [0.2, 0.25) is 0 Å². The van der Waals surface area contributed by atoms with E-state index < -0.39 is 0 Å². The largest absolute Gasteiger partial charge is 0.502 e. The Labute approximate surface area is 160 Å². The highest BCUT2D eigenvalue weighted by Gasteiger charge is 2.21. The van der Waals surface area contributed by atoms with Crippen molar-refractivity contribution in [3.8, 4) is 6.07 Å². The number of benzene rings is 1. The number of ether oxygens (including phenoxy) is 1. The first-order chi connectivity index (χ1) is 12.8. The van der Waals surface area contributed by atoms with Crippen LogP contribution in [0.15, 0.2) is 36.6 Å². The third-order valence-corrected chi connectivity index (χ3v) is 5.65. The highest BCUT2D eigenvalue weighted by Crippen LogP contribution is 2.37. The lowest BCUT2D eigenvalue weighted by Gasteiger charge is -2.28. The molecule has 0 atom stereocenters. The smallest absolute Gasteiger partial charge is 0.0991 e. The molecule has 0 N–H and O–H groups in total. The number of nitriles is 1. The van der Waals surface area contributed by atoms with E-state index in [-0.39, 0.29) is 0 Å². The van der Waals surface area contributed by atoms with E-state index >= 15 is 0 Å². The number of rotatable bonds is 11. The summed E-state index contributed by atoms with van der Waals surface area (Å²) in [5.41, 5.74) is 2.17. The minimum absolute atomic E-state index is 0.686. The molecule has 2 rings (SSSR count). The van der Waals surface area contributed by atoms with Crippen LogP contribution in [-0.2, 0) is 4.74 Å². The Hall–Kier alpha value is -1.75. The molecule has 0 radical (unpaired) electrons. The van der Waals surface area contributed by atoms with Crippen molar-refractivity contribution in [2.75, 3.05) is 6.61 Å². The lowest BCUT2D eigenvalue weighted by molar-refractivity contribution is 0.219. The molecule has 1 aliphatic carbocycles.